The molecule has 2 aromatic rings. The topological polar surface area (TPSA) is 65.3 Å². The second kappa shape index (κ2) is 10.8. The van der Waals surface area contributed by atoms with E-state index >= 15 is 0 Å². The Kier molecular flexibility index (Phi) is 8.46. The molecule has 0 N–H and O–H groups in total. The van der Waals surface area contributed by atoms with Crippen LogP contribution in [0, 0.1) is 0 Å². The highest BCUT2D eigenvalue weighted by Gasteiger charge is 2.20. The van der Waals surface area contributed by atoms with Crippen molar-refractivity contribution in [1.82, 2.24) is 9.80 Å². The molecule has 0 aliphatic carbocycles. The van der Waals surface area contributed by atoms with Crippen LogP contribution >= 0.6 is 15.9 Å². The Morgan fingerprint density at radius 1 is 0.923 bits per heavy atom. The molecule has 0 bridgehead atoms. The molecule has 8 heteroatoms. The van der Waals surface area contributed by atoms with Crippen LogP contribution < -0.4 is 0 Å². The van der Waals surface area contributed by atoms with E-state index in [1.54, 1.807) is 0 Å². The van der Waals surface area contributed by atoms with E-state index in [-0.39, 0.29) is 0 Å². The van der Waals surface area contributed by atoms with Gasteiger partial charge in [0, 0.05) is 36.2 Å². The molecule has 0 spiro atoms. The van der Waals surface area contributed by atoms with Crippen LogP contribution in [0.3, 0.4) is 0 Å². The first-order valence-corrected chi connectivity index (χ1v) is 9.97. The number of hydrogen-bond donors (Lipinski definition) is 0. The van der Waals surface area contributed by atoms with Gasteiger partial charge in [0.1, 0.15) is 0 Å². The molecule has 0 aromatic heterocycles. The van der Waals surface area contributed by atoms with Crippen molar-refractivity contribution in [3.63, 3.8) is 0 Å². The second-order valence-electron chi connectivity index (χ2n) is 5.65. The van der Waals surface area contributed by atoms with Gasteiger partial charge in [0.25, 0.3) is 0 Å². The minimum atomic E-state index is -2.54. The number of benzene rings is 2. The molecule has 1 saturated heterocycles. The quantitative estimate of drug-likeness (QED) is 0.412. The molecule has 0 radical (unpaired) electrons. The third-order valence-electron chi connectivity index (χ3n) is 3.79. The maximum Gasteiger partial charge on any atom is 0.334 e. The van der Waals surface area contributed by atoms with Crippen molar-refractivity contribution in [1.29, 1.82) is 0 Å². The predicted octanol–water partition coefficient (Wildman–Crippen LogP) is 3.11. The van der Waals surface area contributed by atoms with Crippen LogP contribution in [0.25, 0.3) is 0 Å². The Labute approximate surface area is 164 Å². The summed E-state index contributed by atoms with van der Waals surface area (Å²) in [6.07, 6.45) is 0. The lowest BCUT2D eigenvalue weighted by molar-refractivity contribution is 0.215. The highest BCUT2D eigenvalue weighted by Crippen LogP contribution is 2.19. The maximum atomic E-state index is 10.6. The zero-order valence-corrected chi connectivity index (χ0v) is 16.9. The van der Waals surface area contributed by atoms with Crippen molar-refractivity contribution in [2.45, 2.75) is 0 Å². The van der Waals surface area contributed by atoms with Crippen LogP contribution in [0.5, 0.6) is 0 Å². The van der Waals surface area contributed by atoms with Crippen molar-refractivity contribution in [2.75, 3.05) is 33.2 Å². The van der Waals surface area contributed by atoms with Gasteiger partial charge in [0.2, 0.25) is 0 Å². The number of rotatable bonds is 2. The highest BCUT2D eigenvalue weighted by molar-refractivity contribution is 9.10. The summed E-state index contributed by atoms with van der Waals surface area (Å²) in [7, 11) is -0.484. The van der Waals surface area contributed by atoms with Crippen LogP contribution in [-0.2, 0) is 10.5 Å². The summed E-state index contributed by atoms with van der Waals surface area (Å²) in [5.41, 5.74) is 0.839. The SMILES string of the molecule is CN1CCN(C(=NN=S(=O)=O)c2ccccc2Br)CC1.c1ccccc1. The fourth-order valence-electron chi connectivity index (χ4n) is 2.41. The average molecular weight is 437 g/mol. The third kappa shape index (κ3) is 6.70. The predicted molar refractivity (Wildman–Crippen MR) is 108 cm³/mol. The minimum Gasteiger partial charge on any atom is -0.352 e. The number of piperazine rings is 1. The van der Waals surface area contributed by atoms with Crippen LogP contribution in [-0.4, -0.2) is 57.3 Å². The molecule has 26 heavy (non-hydrogen) atoms. The summed E-state index contributed by atoms with van der Waals surface area (Å²) in [5, 5.41) is 3.91. The van der Waals surface area contributed by atoms with Gasteiger partial charge in [-0.05, 0) is 17.6 Å². The molecule has 0 atom stereocenters. The summed E-state index contributed by atoms with van der Waals surface area (Å²) >= 11 is 3.47. The molecular formula is C18H21BrN4O2S. The highest BCUT2D eigenvalue weighted by atomic mass is 79.9. The van der Waals surface area contributed by atoms with Crippen LogP contribution in [0.1, 0.15) is 5.56 Å². The Morgan fingerprint density at radius 3 is 1.96 bits per heavy atom. The van der Waals surface area contributed by atoms with Gasteiger partial charge in [-0.2, -0.15) is 8.42 Å². The van der Waals surface area contributed by atoms with Crippen molar-refractivity contribution >= 4 is 32.3 Å². The summed E-state index contributed by atoms with van der Waals surface area (Å²) in [6, 6.07) is 19.6. The van der Waals surface area contributed by atoms with Gasteiger partial charge in [0.15, 0.2) is 5.84 Å². The number of amidine groups is 1. The van der Waals surface area contributed by atoms with E-state index < -0.39 is 10.5 Å². The molecule has 0 amide bonds. The number of hydrogen-bond acceptors (Lipinski definition) is 4. The van der Waals surface area contributed by atoms with E-state index in [4.69, 9.17) is 0 Å². The number of halogens is 1. The third-order valence-corrected chi connectivity index (χ3v) is 4.69. The summed E-state index contributed by atoms with van der Waals surface area (Å²) in [6.45, 7) is 3.39. The fourth-order valence-corrected chi connectivity index (χ4v) is 3.01. The van der Waals surface area contributed by atoms with Crippen molar-refractivity contribution in [3.8, 4) is 0 Å². The van der Waals surface area contributed by atoms with Crippen LogP contribution in [0.15, 0.2) is 74.7 Å². The van der Waals surface area contributed by atoms with E-state index in [9.17, 15) is 8.42 Å². The lowest BCUT2D eigenvalue weighted by atomic mass is 10.1. The summed E-state index contributed by atoms with van der Waals surface area (Å²) in [5.74, 6) is 0.578. The Hall–Kier alpha value is -2.03. The zero-order chi connectivity index (χ0) is 18.8. The molecular weight excluding hydrogens is 416 g/mol. The largest absolute Gasteiger partial charge is 0.352 e. The smallest absolute Gasteiger partial charge is 0.334 e. The zero-order valence-electron chi connectivity index (χ0n) is 14.5. The van der Waals surface area contributed by atoms with Gasteiger partial charge in [-0.1, -0.05) is 70.5 Å². The van der Waals surface area contributed by atoms with Crippen molar-refractivity contribution in [3.05, 3.63) is 70.7 Å². The van der Waals surface area contributed by atoms with Gasteiger partial charge < -0.3 is 9.80 Å². The first-order chi connectivity index (χ1) is 12.6. The molecule has 3 rings (SSSR count). The van der Waals surface area contributed by atoms with E-state index in [0.717, 1.165) is 36.2 Å². The lowest BCUT2D eigenvalue weighted by Gasteiger charge is -2.34. The number of likely N-dealkylation sites (N-methyl/N-ethyl adjacent to an activating group) is 1. The molecule has 1 fully saturated rings. The van der Waals surface area contributed by atoms with Gasteiger partial charge in [-0.3, -0.25) is 0 Å². The van der Waals surface area contributed by atoms with Crippen molar-refractivity contribution < 1.29 is 8.42 Å². The molecule has 0 saturated carbocycles. The molecule has 1 aliphatic heterocycles. The van der Waals surface area contributed by atoms with Gasteiger partial charge in [-0.15, -0.1) is 5.10 Å². The van der Waals surface area contributed by atoms with Crippen molar-refractivity contribution in [2.24, 2.45) is 9.57 Å². The average Bonchev–Trinajstić information content (AvgIpc) is 2.66. The van der Waals surface area contributed by atoms with E-state index in [0.29, 0.717) is 5.84 Å². The van der Waals surface area contributed by atoms with E-state index in [1.165, 1.54) is 0 Å². The van der Waals surface area contributed by atoms with Crippen LogP contribution in [0.4, 0.5) is 0 Å². The molecule has 1 heterocycles. The molecule has 138 valence electrons. The minimum absolute atomic E-state index is 0.578. The summed E-state index contributed by atoms with van der Waals surface area (Å²) < 4.78 is 25.4. The first-order valence-electron chi connectivity index (χ1n) is 8.14. The monoisotopic (exact) mass is 436 g/mol. The maximum absolute atomic E-state index is 10.6. The fraction of sp³-hybridized carbons (Fsp3) is 0.278. The second-order valence-corrected chi connectivity index (χ2v) is 7.10. The normalized spacial score (nSPS) is 15.0. The Bertz CT molecular complexity index is 814. The molecule has 1 aliphatic rings. The molecule has 2 aromatic carbocycles. The van der Waals surface area contributed by atoms with Gasteiger partial charge in [0.05, 0.1) is 0 Å². The van der Waals surface area contributed by atoms with Gasteiger partial charge >= 0.3 is 10.5 Å². The van der Waals surface area contributed by atoms with Crippen LogP contribution in [0.2, 0.25) is 0 Å². The van der Waals surface area contributed by atoms with E-state index in [2.05, 4.69) is 42.4 Å². The number of nitrogens with zero attached hydrogens (tertiary/aromatic N) is 4. The lowest BCUT2D eigenvalue weighted by Crippen LogP contribution is -2.47. The molecule has 6 nitrogen and oxygen atoms in total. The Balaban J connectivity index is 0.000000342. The van der Waals surface area contributed by atoms with Gasteiger partial charge in [-0.25, -0.2) is 0 Å². The standard InChI is InChI=1S/C12H15BrN4O2S.C6H6/c1-16-6-8-17(9-7-16)12(14-15-20(18)19)10-4-2-3-5-11(10)13;1-2-4-6-5-3-1/h2-5H,6-9H2,1H3;1-6H. The molecule has 0 unspecified atom stereocenters. The van der Waals surface area contributed by atoms with E-state index in [1.807, 2.05) is 60.7 Å². The summed E-state index contributed by atoms with van der Waals surface area (Å²) in [4.78, 5) is 4.27. The Morgan fingerprint density at radius 2 is 1.46 bits per heavy atom. The first kappa shape index (κ1) is 20.3.